The van der Waals surface area contributed by atoms with E-state index >= 15 is 0 Å². The third kappa shape index (κ3) is 3.41. The number of nitrogens with one attached hydrogen (secondary N) is 1. The molecule has 1 atom stereocenters. The van der Waals surface area contributed by atoms with Crippen molar-refractivity contribution in [2.24, 2.45) is 5.73 Å². The Labute approximate surface area is 102 Å². The summed E-state index contributed by atoms with van der Waals surface area (Å²) < 4.78 is 0. The number of hydrogen-bond acceptors (Lipinski definition) is 4. The zero-order valence-corrected chi connectivity index (χ0v) is 10.5. The van der Waals surface area contributed by atoms with E-state index in [0.717, 1.165) is 24.8 Å². The van der Waals surface area contributed by atoms with Crippen LogP contribution in [0.15, 0.2) is 12.3 Å². The highest BCUT2D eigenvalue weighted by Gasteiger charge is 2.11. The summed E-state index contributed by atoms with van der Waals surface area (Å²) in [6.07, 6.45) is 4.87. The Balaban J connectivity index is 2.82. The molecular weight excluding hydrogens is 220 g/mol. The van der Waals surface area contributed by atoms with Crippen LogP contribution in [-0.4, -0.2) is 21.2 Å². The van der Waals surface area contributed by atoms with Gasteiger partial charge in [0.25, 0.3) is 0 Å². The average Bonchev–Trinajstić information content (AvgIpc) is 2.29. The van der Waals surface area contributed by atoms with Gasteiger partial charge in [0.05, 0.1) is 11.8 Å². The van der Waals surface area contributed by atoms with E-state index in [0.29, 0.717) is 16.8 Å². The lowest BCUT2D eigenvalue weighted by molar-refractivity contribution is 0.619. The van der Waals surface area contributed by atoms with Gasteiger partial charge in [0, 0.05) is 6.04 Å². The first kappa shape index (κ1) is 12.8. The van der Waals surface area contributed by atoms with Crippen LogP contribution in [0.5, 0.6) is 0 Å². The van der Waals surface area contributed by atoms with Crippen molar-refractivity contribution in [3.63, 3.8) is 0 Å². The predicted octanol–water partition coefficient (Wildman–Crippen LogP) is 2.10. The normalized spacial score (nSPS) is 12.1. The maximum absolute atomic E-state index is 5.63. The lowest BCUT2D eigenvalue weighted by Gasteiger charge is -2.17. The lowest BCUT2D eigenvalue weighted by atomic mass is 10.1. The van der Waals surface area contributed by atoms with Gasteiger partial charge >= 0.3 is 0 Å². The number of nitrogens with zero attached hydrogens (tertiary/aromatic N) is 2. The Kier molecular flexibility index (Phi) is 5.11. The zero-order valence-electron chi connectivity index (χ0n) is 9.73. The van der Waals surface area contributed by atoms with Crippen LogP contribution in [0.3, 0.4) is 0 Å². The van der Waals surface area contributed by atoms with Crippen molar-refractivity contribution in [1.82, 2.24) is 10.2 Å². The second kappa shape index (κ2) is 6.37. The summed E-state index contributed by atoms with van der Waals surface area (Å²) in [6.45, 7) is 4.31. The summed E-state index contributed by atoms with van der Waals surface area (Å²) in [7, 11) is 0. The topological polar surface area (TPSA) is 63.8 Å². The molecule has 5 heteroatoms. The van der Waals surface area contributed by atoms with Gasteiger partial charge in [-0.1, -0.05) is 32.5 Å². The van der Waals surface area contributed by atoms with Gasteiger partial charge in [-0.2, -0.15) is 5.10 Å². The fourth-order valence-electron chi connectivity index (χ4n) is 1.56. The van der Waals surface area contributed by atoms with Gasteiger partial charge in [-0.3, -0.25) is 0 Å². The SMILES string of the molecule is CCCC(CC)Nc1nnccc1C(N)=S. The van der Waals surface area contributed by atoms with E-state index in [-0.39, 0.29) is 0 Å². The quantitative estimate of drug-likeness (QED) is 0.743. The maximum atomic E-state index is 5.63. The average molecular weight is 238 g/mol. The fourth-order valence-corrected chi connectivity index (χ4v) is 1.72. The van der Waals surface area contributed by atoms with Crippen LogP contribution in [-0.2, 0) is 0 Å². The number of nitrogens with two attached hydrogens (primary N) is 1. The standard InChI is InChI=1S/C11H18N4S/c1-3-5-8(4-2)14-11-9(10(12)16)6-7-13-15-11/h6-8H,3-5H2,1-2H3,(H2,12,16)(H,14,15). The van der Waals surface area contributed by atoms with Crippen molar-refractivity contribution < 1.29 is 0 Å². The van der Waals surface area contributed by atoms with E-state index in [1.807, 2.05) is 0 Å². The highest BCUT2D eigenvalue weighted by Crippen LogP contribution is 2.14. The molecule has 1 aromatic heterocycles. The first-order chi connectivity index (χ1) is 7.69. The van der Waals surface area contributed by atoms with Crippen molar-refractivity contribution in [2.45, 2.75) is 39.2 Å². The molecule has 1 rings (SSSR count). The van der Waals surface area contributed by atoms with Crippen molar-refractivity contribution in [1.29, 1.82) is 0 Å². The summed E-state index contributed by atoms with van der Waals surface area (Å²) in [5.74, 6) is 0.690. The van der Waals surface area contributed by atoms with Gasteiger partial charge in [0.15, 0.2) is 5.82 Å². The monoisotopic (exact) mass is 238 g/mol. The van der Waals surface area contributed by atoms with Crippen molar-refractivity contribution in [3.8, 4) is 0 Å². The highest BCUT2D eigenvalue weighted by atomic mass is 32.1. The van der Waals surface area contributed by atoms with Crippen LogP contribution < -0.4 is 11.1 Å². The third-order valence-electron chi connectivity index (χ3n) is 2.46. The van der Waals surface area contributed by atoms with Gasteiger partial charge in [0.1, 0.15) is 4.99 Å². The number of hydrogen-bond donors (Lipinski definition) is 2. The van der Waals surface area contributed by atoms with Gasteiger partial charge in [0.2, 0.25) is 0 Å². The summed E-state index contributed by atoms with van der Waals surface area (Å²) in [5, 5.41) is 11.2. The molecule has 0 bridgehead atoms. The molecule has 1 unspecified atom stereocenters. The summed E-state index contributed by atoms with van der Waals surface area (Å²) in [4.78, 5) is 0.351. The van der Waals surface area contributed by atoms with Gasteiger partial charge < -0.3 is 11.1 Å². The van der Waals surface area contributed by atoms with E-state index in [4.69, 9.17) is 18.0 Å². The van der Waals surface area contributed by atoms with E-state index in [1.165, 1.54) is 0 Å². The smallest absolute Gasteiger partial charge is 0.159 e. The fraction of sp³-hybridized carbons (Fsp3) is 0.545. The molecule has 0 fully saturated rings. The Morgan fingerprint density at radius 1 is 1.56 bits per heavy atom. The van der Waals surface area contributed by atoms with Crippen molar-refractivity contribution in [2.75, 3.05) is 5.32 Å². The maximum Gasteiger partial charge on any atom is 0.159 e. The first-order valence-electron chi connectivity index (χ1n) is 5.57. The molecule has 88 valence electrons. The predicted molar refractivity (Wildman–Crippen MR) is 70.5 cm³/mol. The summed E-state index contributed by atoms with van der Waals surface area (Å²) >= 11 is 4.97. The van der Waals surface area contributed by atoms with Gasteiger partial charge in [-0.05, 0) is 18.9 Å². The minimum Gasteiger partial charge on any atom is -0.389 e. The van der Waals surface area contributed by atoms with Crippen LogP contribution in [0.2, 0.25) is 0 Å². The number of rotatable bonds is 6. The van der Waals surface area contributed by atoms with Crippen molar-refractivity contribution in [3.05, 3.63) is 17.8 Å². The Bertz CT molecular complexity index is 354. The third-order valence-corrected chi connectivity index (χ3v) is 2.68. The van der Waals surface area contributed by atoms with Crippen LogP contribution in [0.25, 0.3) is 0 Å². The highest BCUT2D eigenvalue weighted by molar-refractivity contribution is 7.80. The molecule has 1 aromatic rings. The molecule has 16 heavy (non-hydrogen) atoms. The van der Waals surface area contributed by atoms with E-state index in [1.54, 1.807) is 12.3 Å². The molecule has 0 spiro atoms. The van der Waals surface area contributed by atoms with Crippen LogP contribution >= 0.6 is 12.2 Å². The zero-order chi connectivity index (χ0) is 12.0. The molecule has 3 N–H and O–H groups in total. The molecule has 0 radical (unpaired) electrons. The van der Waals surface area contributed by atoms with E-state index < -0.39 is 0 Å². The van der Waals surface area contributed by atoms with Crippen LogP contribution in [0.1, 0.15) is 38.7 Å². The molecule has 0 saturated heterocycles. The molecule has 0 aliphatic heterocycles. The number of thiocarbonyl (C=S) groups is 1. The van der Waals surface area contributed by atoms with Gasteiger partial charge in [-0.15, -0.1) is 5.10 Å². The van der Waals surface area contributed by atoms with Crippen LogP contribution in [0.4, 0.5) is 5.82 Å². The number of aromatic nitrogens is 2. The largest absolute Gasteiger partial charge is 0.389 e. The van der Waals surface area contributed by atoms with E-state index in [2.05, 4.69) is 29.4 Å². The van der Waals surface area contributed by atoms with Crippen LogP contribution in [0, 0.1) is 0 Å². The molecule has 0 aromatic carbocycles. The molecule has 0 amide bonds. The number of anilines is 1. The first-order valence-corrected chi connectivity index (χ1v) is 5.97. The van der Waals surface area contributed by atoms with Crippen molar-refractivity contribution >= 4 is 23.0 Å². The Hall–Kier alpha value is -1.23. The molecule has 0 saturated carbocycles. The second-order valence-electron chi connectivity index (χ2n) is 3.70. The molecule has 1 heterocycles. The Morgan fingerprint density at radius 3 is 2.88 bits per heavy atom. The summed E-state index contributed by atoms with van der Waals surface area (Å²) in [5.41, 5.74) is 6.39. The molecule has 4 nitrogen and oxygen atoms in total. The minimum absolute atomic E-state index is 0.351. The van der Waals surface area contributed by atoms with E-state index in [9.17, 15) is 0 Å². The Morgan fingerprint density at radius 2 is 2.31 bits per heavy atom. The van der Waals surface area contributed by atoms with Gasteiger partial charge in [-0.25, -0.2) is 0 Å². The minimum atomic E-state index is 0.351. The molecule has 0 aliphatic carbocycles. The summed E-state index contributed by atoms with van der Waals surface area (Å²) in [6, 6.07) is 2.19. The second-order valence-corrected chi connectivity index (χ2v) is 4.14. The lowest BCUT2D eigenvalue weighted by Crippen LogP contribution is -2.22. The molecule has 0 aliphatic rings. The molecular formula is C11H18N4S.